The third-order valence-corrected chi connectivity index (χ3v) is 5.59. The highest BCUT2D eigenvalue weighted by Crippen LogP contribution is 2.44. The highest BCUT2D eigenvalue weighted by Gasteiger charge is 2.52. The number of Topliss-reactive ketones (excluding diaryl/α,β-unsaturated/α-hetero) is 1. The number of nitrogens with zero attached hydrogens (tertiary/aromatic N) is 1. The van der Waals surface area contributed by atoms with E-state index in [1.807, 2.05) is 40.8 Å². The molecule has 1 aliphatic heterocycles. The van der Waals surface area contributed by atoms with Crippen LogP contribution in [0.25, 0.3) is 0 Å². The van der Waals surface area contributed by atoms with Gasteiger partial charge in [0.1, 0.15) is 0 Å². The van der Waals surface area contributed by atoms with Crippen molar-refractivity contribution >= 4 is 49.7 Å². The maximum Gasteiger partial charge on any atom is 0.205 e. The molecule has 0 aromatic heterocycles. The Labute approximate surface area is 171 Å². The van der Waals surface area contributed by atoms with E-state index in [0.717, 1.165) is 18.4 Å². The summed E-state index contributed by atoms with van der Waals surface area (Å²) < 4.78 is 6.27. The number of carbonyl (C=O) groups is 1. The van der Waals surface area contributed by atoms with Crippen LogP contribution in [0.15, 0.2) is 29.3 Å². The van der Waals surface area contributed by atoms with E-state index in [4.69, 9.17) is 32.5 Å². The molecule has 3 atom stereocenters. The molecular formula is C18H22ClIN4O2. The molecule has 0 radical (unpaired) electrons. The van der Waals surface area contributed by atoms with E-state index in [1.165, 1.54) is 0 Å². The number of halogens is 2. The first kappa shape index (κ1) is 19.6. The average molecular weight is 489 g/mol. The van der Waals surface area contributed by atoms with Gasteiger partial charge in [0.05, 0.1) is 6.04 Å². The van der Waals surface area contributed by atoms with E-state index < -0.39 is 11.6 Å². The Kier molecular flexibility index (Phi) is 6.19. The van der Waals surface area contributed by atoms with Crippen molar-refractivity contribution in [3.05, 3.63) is 34.9 Å². The molecule has 3 unspecified atom stereocenters. The van der Waals surface area contributed by atoms with Gasteiger partial charge in [-0.15, -0.1) is 0 Å². The van der Waals surface area contributed by atoms with Gasteiger partial charge in [-0.3, -0.25) is 10.2 Å². The largest absolute Gasteiger partial charge is 0.468 e. The summed E-state index contributed by atoms with van der Waals surface area (Å²) in [5.41, 5.74) is 6.07. The fourth-order valence-electron chi connectivity index (χ4n) is 3.59. The Morgan fingerprint density at radius 1 is 1.54 bits per heavy atom. The number of aliphatic imine (C=N–C) groups is 1. The second kappa shape index (κ2) is 8.22. The van der Waals surface area contributed by atoms with Crippen LogP contribution in [0.5, 0.6) is 0 Å². The standard InChI is InChI=1S/C18H22ClIN4O2/c19-12-6-2-1-5-11(12)18-9-3-8-14(15(18)25)26-16(24-18)13(21)7-4-10-23-17(20)22/h1-2,5-6,13-14H,3-4,7-10,21H2,(H2,22,23). The molecule has 1 aromatic rings. The second-order valence-corrected chi connectivity index (χ2v) is 8.13. The molecule has 1 aliphatic carbocycles. The third kappa shape index (κ3) is 3.89. The van der Waals surface area contributed by atoms with Gasteiger partial charge in [-0.1, -0.05) is 29.8 Å². The van der Waals surface area contributed by atoms with Gasteiger partial charge in [-0.25, -0.2) is 4.99 Å². The molecule has 0 spiro atoms. The van der Waals surface area contributed by atoms with Crippen molar-refractivity contribution in [2.24, 2.45) is 10.7 Å². The first-order valence-corrected chi connectivity index (χ1v) is 10.2. The summed E-state index contributed by atoms with van der Waals surface area (Å²) in [6, 6.07) is 7.01. The fraction of sp³-hybridized carbons (Fsp3) is 0.500. The summed E-state index contributed by atoms with van der Waals surface area (Å²) in [6.07, 6.45) is 3.11. The Morgan fingerprint density at radius 2 is 2.31 bits per heavy atom. The van der Waals surface area contributed by atoms with Crippen molar-refractivity contribution in [3.8, 4) is 0 Å². The van der Waals surface area contributed by atoms with E-state index in [2.05, 4.69) is 5.32 Å². The van der Waals surface area contributed by atoms with Crippen molar-refractivity contribution in [3.63, 3.8) is 0 Å². The van der Waals surface area contributed by atoms with Crippen molar-refractivity contribution in [2.75, 3.05) is 6.54 Å². The van der Waals surface area contributed by atoms with Gasteiger partial charge < -0.3 is 15.8 Å². The molecule has 0 saturated heterocycles. The summed E-state index contributed by atoms with van der Waals surface area (Å²) in [6.45, 7) is 0.667. The molecule has 26 heavy (non-hydrogen) atoms. The SMILES string of the molecule is N=C(I)NCCCC(N)C1=NC2(c3ccccc3Cl)CCCC(O1)C2=O. The Morgan fingerprint density at radius 3 is 3.04 bits per heavy atom. The minimum atomic E-state index is -0.977. The fourth-order valence-corrected chi connectivity index (χ4v) is 4.15. The first-order chi connectivity index (χ1) is 12.4. The number of fused-ring (bicyclic) bond motifs is 2. The van der Waals surface area contributed by atoms with Gasteiger partial charge in [0.25, 0.3) is 0 Å². The molecule has 2 aliphatic rings. The summed E-state index contributed by atoms with van der Waals surface area (Å²) in [4.78, 5) is 17.8. The molecule has 0 amide bonds. The van der Waals surface area contributed by atoms with Crippen LogP contribution in [0.3, 0.4) is 0 Å². The van der Waals surface area contributed by atoms with Crippen molar-refractivity contribution in [1.29, 1.82) is 5.41 Å². The minimum absolute atomic E-state index is 0.0205. The Bertz CT molecular complexity index is 742. The van der Waals surface area contributed by atoms with Gasteiger partial charge in [0.15, 0.2) is 15.5 Å². The highest BCUT2D eigenvalue weighted by molar-refractivity contribution is 14.1. The molecule has 8 heteroatoms. The zero-order valence-electron chi connectivity index (χ0n) is 14.3. The van der Waals surface area contributed by atoms with E-state index in [-0.39, 0.29) is 11.8 Å². The van der Waals surface area contributed by atoms with Gasteiger partial charge in [-0.05, 0) is 60.8 Å². The van der Waals surface area contributed by atoms with Crippen LogP contribution in [0.2, 0.25) is 5.02 Å². The van der Waals surface area contributed by atoms with Crippen molar-refractivity contribution in [1.82, 2.24) is 5.32 Å². The van der Waals surface area contributed by atoms with Crippen LogP contribution in [0.4, 0.5) is 0 Å². The first-order valence-electron chi connectivity index (χ1n) is 8.73. The van der Waals surface area contributed by atoms with E-state index in [9.17, 15) is 4.79 Å². The molecule has 1 saturated carbocycles. The van der Waals surface area contributed by atoms with Gasteiger partial charge in [0, 0.05) is 17.1 Å². The molecule has 1 aromatic carbocycles. The van der Waals surface area contributed by atoms with Crippen molar-refractivity contribution < 1.29 is 9.53 Å². The summed E-state index contributed by atoms with van der Waals surface area (Å²) in [5, 5.41) is 10.9. The number of ketones is 1. The number of carbonyl (C=O) groups excluding carboxylic acids is 1. The predicted molar refractivity (Wildman–Crippen MR) is 111 cm³/mol. The van der Waals surface area contributed by atoms with E-state index in [0.29, 0.717) is 40.6 Å². The second-order valence-electron chi connectivity index (χ2n) is 6.64. The number of amidine groups is 1. The Balaban J connectivity index is 1.85. The number of nitrogens with two attached hydrogens (primary N) is 1. The number of ether oxygens (including phenoxy) is 1. The van der Waals surface area contributed by atoms with Gasteiger partial charge in [-0.2, -0.15) is 0 Å². The molecule has 6 nitrogen and oxygen atoms in total. The zero-order valence-corrected chi connectivity index (χ0v) is 17.2. The number of hydrogen-bond donors (Lipinski definition) is 3. The smallest absolute Gasteiger partial charge is 0.205 e. The molecule has 1 heterocycles. The maximum atomic E-state index is 13.0. The monoisotopic (exact) mass is 488 g/mol. The van der Waals surface area contributed by atoms with Crippen LogP contribution in [0.1, 0.15) is 37.7 Å². The normalized spacial score (nSPS) is 25.9. The number of rotatable bonds is 6. The highest BCUT2D eigenvalue weighted by atomic mass is 127. The van der Waals surface area contributed by atoms with E-state index >= 15 is 0 Å². The minimum Gasteiger partial charge on any atom is -0.468 e. The maximum absolute atomic E-state index is 13.0. The lowest BCUT2D eigenvalue weighted by Crippen LogP contribution is -2.54. The third-order valence-electron chi connectivity index (χ3n) is 4.88. The molecule has 1 fully saturated rings. The predicted octanol–water partition coefficient (Wildman–Crippen LogP) is 3.15. The van der Waals surface area contributed by atoms with Crippen LogP contribution < -0.4 is 11.1 Å². The topological polar surface area (TPSA) is 101 Å². The van der Waals surface area contributed by atoms with Gasteiger partial charge >= 0.3 is 0 Å². The molecule has 140 valence electrons. The molecule has 3 rings (SSSR count). The average Bonchev–Trinajstić information content (AvgIpc) is 2.59. The van der Waals surface area contributed by atoms with Crippen LogP contribution in [-0.4, -0.2) is 34.2 Å². The van der Waals surface area contributed by atoms with Crippen LogP contribution in [0, 0.1) is 5.41 Å². The van der Waals surface area contributed by atoms with Crippen molar-refractivity contribution in [2.45, 2.75) is 49.8 Å². The van der Waals surface area contributed by atoms with Gasteiger partial charge in [0.2, 0.25) is 11.7 Å². The summed E-state index contributed by atoms with van der Waals surface area (Å²) >= 11 is 8.32. The summed E-state index contributed by atoms with van der Waals surface area (Å²) in [7, 11) is 0. The molecule has 4 N–H and O–H groups in total. The lowest BCUT2D eigenvalue weighted by Gasteiger charge is -2.42. The zero-order chi connectivity index (χ0) is 18.7. The Hall–Kier alpha value is -1.19. The number of hydrogen-bond acceptors (Lipinski definition) is 5. The quantitative estimate of drug-likeness (QED) is 0.188. The van der Waals surface area contributed by atoms with Crippen LogP contribution >= 0.6 is 34.2 Å². The summed E-state index contributed by atoms with van der Waals surface area (Å²) in [5.74, 6) is 0.423. The number of nitrogens with one attached hydrogen (secondary N) is 2. The molecular weight excluding hydrogens is 467 g/mol. The van der Waals surface area contributed by atoms with E-state index in [1.54, 1.807) is 6.07 Å². The molecule has 2 bridgehead atoms. The lowest BCUT2D eigenvalue weighted by molar-refractivity contribution is -0.137. The number of benzene rings is 1. The lowest BCUT2D eigenvalue weighted by atomic mass is 9.73. The van der Waals surface area contributed by atoms with Crippen LogP contribution in [-0.2, 0) is 15.1 Å².